The van der Waals surface area contributed by atoms with Crippen LogP contribution in [0.2, 0.25) is 0 Å². The Morgan fingerprint density at radius 2 is 1.89 bits per heavy atom. The van der Waals surface area contributed by atoms with Gasteiger partial charge in [-0.15, -0.1) is 0 Å². The second kappa shape index (κ2) is 9.62. The Bertz CT molecular complexity index is 620. The highest BCUT2D eigenvalue weighted by molar-refractivity contribution is 5.88. The molecule has 0 aliphatic heterocycles. The number of hydrogen-bond donors (Lipinski definition) is 1. The number of methoxy groups -OCH3 is 1. The van der Waals surface area contributed by atoms with Gasteiger partial charge >= 0.3 is 12.1 Å². The predicted octanol–water partition coefficient (Wildman–Crippen LogP) is 4.77. The molecule has 2 saturated carbocycles. The third-order valence-corrected chi connectivity index (χ3v) is 7.05. The summed E-state index contributed by atoms with van der Waals surface area (Å²) in [6.45, 7) is 6.81. The summed E-state index contributed by atoms with van der Waals surface area (Å²) in [4.78, 5) is 24.2. The van der Waals surface area contributed by atoms with Crippen molar-refractivity contribution in [1.82, 2.24) is 5.32 Å². The number of hydrogen-bond acceptors (Lipinski definition) is 4. The average molecular weight is 390 g/mol. The maximum atomic E-state index is 12.2. The molecule has 5 heteroatoms. The minimum Gasteiger partial charge on any atom is -0.466 e. The smallest absolute Gasteiger partial charge is 0.407 e. The molecular formula is C23H35NO4. The van der Waals surface area contributed by atoms with Crippen molar-refractivity contribution >= 4 is 12.1 Å². The molecule has 4 atom stereocenters. The standard InChI is InChI=1S/C23H35NO4/c1-15-9-11-20(21-13-17(22(25)27-3)10-12-19(15)21)16(2)14-28-23(26)24-18-7-5-4-6-8-18/h13,15,18-21H,2,4-12,14H2,1,3H3,(H,24,26)/t15-,19-,20+,21-/m0/s1. The molecule has 0 aromatic heterocycles. The van der Waals surface area contributed by atoms with Crippen LogP contribution in [0, 0.1) is 23.7 Å². The van der Waals surface area contributed by atoms with E-state index in [9.17, 15) is 9.59 Å². The number of allylic oxidation sites excluding steroid dienone is 1. The molecule has 5 nitrogen and oxygen atoms in total. The van der Waals surface area contributed by atoms with E-state index in [0.29, 0.717) is 11.8 Å². The van der Waals surface area contributed by atoms with Crippen molar-refractivity contribution in [1.29, 1.82) is 0 Å². The zero-order valence-corrected chi connectivity index (χ0v) is 17.4. The number of amides is 1. The lowest BCUT2D eigenvalue weighted by molar-refractivity contribution is -0.136. The quantitative estimate of drug-likeness (QED) is 0.543. The summed E-state index contributed by atoms with van der Waals surface area (Å²) >= 11 is 0. The fourth-order valence-electron chi connectivity index (χ4n) is 5.38. The average Bonchev–Trinajstić information content (AvgIpc) is 2.72. The zero-order chi connectivity index (χ0) is 20.1. The molecular weight excluding hydrogens is 354 g/mol. The summed E-state index contributed by atoms with van der Waals surface area (Å²) in [7, 11) is 1.44. The predicted molar refractivity (Wildman–Crippen MR) is 109 cm³/mol. The van der Waals surface area contributed by atoms with Crippen LogP contribution >= 0.6 is 0 Å². The van der Waals surface area contributed by atoms with E-state index >= 15 is 0 Å². The van der Waals surface area contributed by atoms with Gasteiger partial charge in [-0.2, -0.15) is 0 Å². The van der Waals surface area contributed by atoms with Crippen molar-refractivity contribution in [2.24, 2.45) is 23.7 Å². The number of esters is 1. The van der Waals surface area contributed by atoms with E-state index in [-0.39, 0.29) is 36.5 Å². The molecule has 0 bridgehead atoms. The van der Waals surface area contributed by atoms with Crippen molar-refractivity contribution in [2.45, 2.75) is 70.8 Å². The van der Waals surface area contributed by atoms with E-state index in [4.69, 9.17) is 9.47 Å². The fourth-order valence-corrected chi connectivity index (χ4v) is 5.38. The molecule has 156 valence electrons. The van der Waals surface area contributed by atoms with E-state index in [1.807, 2.05) is 0 Å². The Morgan fingerprint density at radius 1 is 1.14 bits per heavy atom. The zero-order valence-electron chi connectivity index (χ0n) is 17.4. The molecule has 0 heterocycles. The summed E-state index contributed by atoms with van der Waals surface area (Å²) in [5, 5.41) is 2.99. The van der Waals surface area contributed by atoms with Crippen LogP contribution in [0.4, 0.5) is 4.79 Å². The molecule has 2 fully saturated rings. The Labute approximate surface area is 168 Å². The number of carbonyl (C=O) groups excluding carboxylic acids is 2. The van der Waals surface area contributed by atoms with Gasteiger partial charge in [0, 0.05) is 11.6 Å². The lowest BCUT2D eigenvalue weighted by atomic mass is 9.61. The normalized spacial score (nSPS) is 30.6. The molecule has 0 spiro atoms. The van der Waals surface area contributed by atoms with Gasteiger partial charge in [0.25, 0.3) is 0 Å². The molecule has 0 saturated heterocycles. The van der Waals surface area contributed by atoms with E-state index in [2.05, 4.69) is 24.9 Å². The third-order valence-electron chi connectivity index (χ3n) is 7.05. The Kier molecular flexibility index (Phi) is 7.19. The number of fused-ring (bicyclic) bond motifs is 1. The minimum atomic E-state index is -0.330. The summed E-state index contributed by atoms with van der Waals surface area (Å²) in [5.41, 5.74) is 1.75. The molecule has 1 amide bonds. The highest BCUT2D eigenvalue weighted by atomic mass is 16.5. The van der Waals surface area contributed by atoms with Gasteiger partial charge in [-0.3, -0.25) is 0 Å². The second-order valence-electron chi connectivity index (χ2n) is 8.84. The number of rotatable bonds is 5. The van der Waals surface area contributed by atoms with Crippen molar-refractivity contribution in [3.05, 3.63) is 23.8 Å². The minimum absolute atomic E-state index is 0.218. The van der Waals surface area contributed by atoms with Gasteiger partial charge in [0.2, 0.25) is 0 Å². The Balaban J connectivity index is 1.58. The van der Waals surface area contributed by atoms with E-state index < -0.39 is 0 Å². The molecule has 3 rings (SSSR count). The Hall–Kier alpha value is -1.78. The van der Waals surface area contributed by atoms with Gasteiger partial charge in [-0.1, -0.05) is 38.8 Å². The van der Waals surface area contributed by atoms with Crippen molar-refractivity contribution < 1.29 is 19.1 Å². The monoisotopic (exact) mass is 389 g/mol. The van der Waals surface area contributed by atoms with Crippen LogP contribution in [0.1, 0.15) is 64.7 Å². The first-order valence-electron chi connectivity index (χ1n) is 10.9. The number of nitrogens with one attached hydrogen (secondary N) is 1. The highest BCUT2D eigenvalue weighted by Crippen LogP contribution is 2.47. The van der Waals surface area contributed by atoms with Crippen LogP contribution in [0.25, 0.3) is 0 Å². The molecule has 0 radical (unpaired) electrons. The van der Waals surface area contributed by atoms with Gasteiger partial charge in [0.05, 0.1) is 7.11 Å². The molecule has 1 N–H and O–H groups in total. The number of carbonyl (C=O) groups is 2. The van der Waals surface area contributed by atoms with E-state index in [1.165, 1.54) is 26.4 Å². The second-order valence-corrected chi connectivity index (χ2v) is 8.84. The molecule has 3 aliphatic carbocycles. The SMILES string of the molecule is C=C(COC(=O)NC1CCCCC1)[C@H]1CC[C@H](C)[C@@H]2CCC(C(=O)OC)=C[C@@H]21. The van der Waals surface area contributed by atoms with Crippen LogP contribution < -0.4 is 5.32 Å². The first kappa shape index (κ1) is 20.9. The first-order chi connectivity index (χ1) is 13.5. The first-order valence-corrected chi connectivity index (χ1v) is 10.9. The van der Waals surface area contributed by atoms with Gasteiger partial charge in [0.15, 0.2) is 0 Å². The summed E-state index contributed by atoms with van der Waals surface area (Å²) in [5.74, 6) is 1.51. The lowest BCUT2D eigenvalue weighted by Crippen LogP contribution is -2.38. The third kappa shape index (κ3) is 4.98. The van der Waals surface area contributed by atoms with Gasteiger partial charge in [-0.05, 0) is 67.8 Å². The largest absolute Gasteiger partial charge is 0.466 e. The summed E-state index contributed by atoms with van der Waals surface area (Å²) in [6.07, 6.45) is 11.5. The van der Waals surface area contributed by atoms with Gasteiger partial charge in [-0.25, -0.2) is 9.59 Å². The van der Waals surface area contributed by atoms with Crippen molar-refractivity contribution in [2.75, 3.05) is 13.7 Å². The maximum Gasteiger partial charge on any atom is 0.407 e. The maximum absolute atomic E-state index is 12.2. The molecule has 3 aliphatic rings. The van der Waals surface area contributed by atoms with Crippen LogP contribution in [0.15, 0.2) is 23.8 Å². The van der Waals surface area contributed by atoms with Crippen molar-refractivity contribution in [3.63, 3.8) is 0 Å². The van der Waals surface area contributed by atoms with E-state index in [0.717, 1.165) is 49.7 Å². The Morgan fingerprint density at radius 3 is 2.61 bits per heavy atom. The number of ether oxygens (including phenoxy) is 2. The topological polar surface area (TPSA) is 64.6 Å². The molecule has 0 unspecified atom stereocenters. The van der Waals surface area contributed by atoms with Crippen molar-refractivity contribution in [3.8, 4) is 0 Å². The fraction of sp³-hybridized carbons (Fsp3) is 0.739. The van der Waals surface area contributed by atoms with Crippen LogP contribution in [-0.4, -0.2) is 31.8 Å². The summed E-state index contributed by atoms with van der Waals surface area (Å²) in [6, 6.07) is 0.248. The van der Waals surface area contributed by atoms with Crippen LogP contribution in [0.5, 0.6) is 0 Å². The molecule has 0 aromatic rings. The lowest BCUT2D eigenvalue weighted by Gasteiger charge is -2.44. The van der Waals surface area contributed by atoms with Gasteiger partial charge in [0.1, 0.15) is 6.61 Å². The van der Waals surface area contributed by atoms with Crippen LogP contribution in [0.3, 0.4) is 0 Å². The number of alkyl carbamates (subject to hydrolysis) is 1. The van der Waals surface area contributed by atoms with Crippen LogP contribution in [-0.2, 0) is 14.3 Å². The van der Waals surface area contributed by atoms with Gasteiger partial charge < -0.3 is 14.8 Å². The summed E-state index contributed by atoms with van der Waals surface area (Å²) < 4.78 is 10.4. The van der Waals surface area contributed by atoms with E-state index in [1.54, 1.807) is 0 Å². The molecule has 28 heavy (non-hydrogen) atoms. The molecule has 0 aromatic carbocycles. The highest BCUT2D eigenvalue weighted by Gasteiger charge is 2.40.